The third-order valence-corrected chi connectivity index (χ3v) is 3.92. The van der Waals surface area contributed by atoms with E-state index in [1.54, 1.807) is 7.11 Å². The first-order valence-electron chi connectivity index (χ1n) is 7.65. The van der Waals surface area contributed by atoms with Crippen molar-refractivity contribution in [2.24, 2.45) is 0 Å². The first kappa shape index (κ1) is 16.1. The second-order valence-corrected chi connectivity index (χ2v) is 5.47. The van der Waals surface area contributed by atoms with Gasteiger partial charge in [-0.15, -0.1) is 0 Å². The number of ether oxygens (including phenoxy) is 1. The van der Waals surface area contributed by atoms with Crippen molar-refractivity contribution in [3.63, 3.8) is 0 Å². The van der Waals surface area contributed by atoms with Gasteiger partial charge in [0.25, 0.3) is 0 Å². The SMILES string of the molecule is CCC(C)c1ccc(NC(=O)Cc2ccccc2OC)cc1. The van der Waals surface area contributed by atoms with Crippen LogP contribution in [0.15, 0.2) is 48.5 Å². The summed E-state index contributed by atoms with van der Waals surface area (Å²) in [5, 5.41) is 2.93. The molecule has 0 saturated carbocycles. The molecule has 2 rings (SSSR count). The average molecular weight is 297 g/mol. The van der Waals surface area contributed by atoms with Crippen LogP contribution in [0.4, 0.5) is 5.69 Å². The molecular formula is C19H23NO2. The fourth-order valence-corrected chi connectivity index (χ4v) is 2.36. The van der Waals surface area contributed by atoms with Crippen LogP contribution < -0.4 is 10.1 Å². The molecule has 3 nitrogen and oxygen atoms in total. The second kappa shape index (κ2) is 7.64. The standard InChI is InChI=1S/C19H23NO2/c1-4-14(2)15-9-11-17(12-10-15)20-19(21)13-16-7-5-6-8-18(16)22-3/h5-12,14H,4,13H2,1-3H3,(H,20,21). The summed E-state index contributed by atoms with van der Waals surface area (Å²) in [5.41, 5.74) is 3.01. The van der Waals surface area contributed by atoms with Gasteiger partial charge in [0.2, 0.25) is 5.91 Å². The summed E-state index contributed by atoms with van der Waals surface area (Å²) in [6, 6.07) is 15.6. The van der Waals surface area contributed by atoms with Crippen molar-refractivity contribution in [1.29, 1.82) is 0 Å². The van der Waals surface area contributed by atoms with Crippen molar-refractivity contribution in [2.45, 2.75) is 32.6 Å². The minimum Gasteiger partial charge on any atom is -0.496 e. The third kappa shape index (κ3) is 4.10. The second-order valence-electron chi connectivity index (χ2n) is 5.47. The Morgan fingerprint density at radius 3 is 2.45 bits per heavy atom. The number of methoxy groups -OCH3 is 1. The summed E-state index contributed by atoms with van der Waals surface area (Å²) in [6.07, 6.45) is 1.41. The molecule has 0 aromatic heterocycles. The highest BCUT2D eigenvalue weighted by molar-refractivity contribution is 5.92. The van der Waals surface area contributed by atoms with Crippen LogP contribution in [-0.4, -0.2) is 13.0 Å². The minimum atomic E-state index is -0.0409. The van der Waals surface area contributed by atoms with Gasteiger partial charge >= 0.3 is 0 Å². The van der Waals surface area contributed by atoms with Crippen molar-refractivity contribution >= 4 is 11.6 Å². The van der Waals surface area contributed by atoms with E-state index in [9.17, 15) is 4.79 Å². The molecule has 0 aliphatic carbocycles. The van der Waals surface area contributed by atoms with Crippen molar-refractivity contribution in [1.82, 2.24) is 0 Å². The number of benzene rings is 2. The zero-order valence-electron chi connectivity index (χ0n) is 13.4. The highest BCUT2D eigenvalue weighted by atomic mass is 16.5. The van der Waals surface area contributed by atoms with Gasteiger partial charge in [0.1, 0.15) is 5.75 Å². The maximum Gasteiger partial charge on any atom is 0.228 e. The summed E-state index contributed by atoms with van der Waals surface area (Å²) >= 11 is 0. The molecule has 0 aliphatic heterocycles. The van der Waals surface area contributed by atoms with Crippen LogP contribution in [0.5, 0.6) is 5.75 Å². The van der Waals surface area contributed by atoms with E-state index in [0.29, 0.717) is 12.3 Å². The zero-order valence-corrected chi connectivity index (χ0v) is 13.4. The minimum absolute atomic E-state index is 0.0409. The van der Waals surface area contributed by atoms with Gasteiger partial charge < -0.3 is 10.1 Å². The van der Waals surface area contributed by atoms with Gasteiger partial charge in [-0.1, -0.05) is 44.2 Å². The summed E-state index contributed by atoms with van der Waals surface area (Å²) in [4.78, 5) is 12.2. The van der Waals surface area contributed by atoms with E-state index in [1.807, 2.05) is 36.4 Å². The number of nitrogens with one attached hydrogen (secondary N) is 1. The van der Waals surface area contributed by atoms with E-state index in [0.717, 1.165) is 23.4 Å². The summed E-state index contributed by atoms with van der Waals surface area (Å²) in [6.45, 7) is 4.38. The van der Waals surface area contributed by atoms with Gasteiger partial charge in [-0.3, -0.25) is 4.79 Å². The maximum absolute atomic E-state index is 12.2. The van der Waals surface area contributed by atoms with Gasteiger partial charge in [0.05, 0.1) is 13.5 Å². The van der Waals surface area contributed by atoms with Crippen molar-refractivity contribution in [3.05, 3.63) is 59.7 Å². The smallest absolute Gasteiger partial charge is 0.228 e. The van der Waals surface area contributed by atoms with E-state index < -0.39 is 0 Å². The van der Waals surface area contributed by atoms with E-state index >= 15 is 0 Å². The molecule has 3 heteroatoms. The molecule has 22 heavy (non-hydrogen) atoms. The number of hydrogen-bond acceptors (Lipinski definition) is 2. The van der Waals surface area contributed by atoms with Crippen LogP contribution in [0.25, 0.3) is 0 Å². The summed E-state index contributed by atoms with van der Waals surface area (Å²) in [5.74, 6) is 1.24. The summed E-state index contributed by atoms with van der Waals surface area (Å²) in [7, 11) is 1.62. The molecule has 0 radical (unpaired) electrons. The van der Waals surface area contributed by atoms with Crippen molar-refractivity contribution < 1.29 is 9.53 Å². The largest absolute Gasteiger partial charge is 0.496 e. The molecule has 1 N–H and O–H groups in total. The van der Waals surface area contributed by atoms with Crippen LogP contribution >= 0.6 is 0 Å². The molecule has 1 atom stereocenters. The van der Waals surface area contributed by atoms with Gasteiger partial charge in [0.15, 0.2) is 0 Å². The lowest BCUT2D eigenvalue weighted by molar-refractivity contribution is -0.115. The molecule has 0 spiro atoms. The molecule has 1 unspecified atom stereocenters. The maximum atomic E-state index is 12.2. The Labute approximate surface area is 132 Å². The quantitative estimate of drug-likeness (QED) is 0.858. The van der Waals surface area contributed by atoms with Gasteiger partial charge in [0, 0.05) is 11.3 Å². The Balaban J connectivity index is 2.00. The molecule has 0 bridgehead atoms. The van der Waals surface area contributed by atoms with Crippen molar-refractivity contribution in [2.75, 3.05) is 12.4 Å². The molecule has 2 aromatic carbocycles. The Hall–Kier alpha value is -2.29. The lowest BCUT2D eigenvalue weighted by atomic mass is 9.98. The Kier molecular flexibility index (Phi) is 5.59. The highest BCUT2D eigenvalue weighted by Crippen LogP contribution is 2.21. The van der Waals surface area contributed by atoms with E-state index in [-0.39, 0.29) is 5.91 Å². The molecule has 2 aromatic rings. The number of amides is 1. The normalized spacial score (nSPS) is 11.8. The highest BCUT2D eigenvalue weighted by Gasteiger charge is 2.09. The first-order valence-corrected chi connectivity index (χ1v) is 7.65. The van der Waals surface area contributed by atoms with Crippen LogP contribution in [0.2, 0.25) is 0 Å². The van der Waals surface area contributed by atoms with E-state index in [4.69, 9.17) is 4.74 Å². The Bertz CT molecular complexity index is 620. The topological polar surface area (TPSA) is 38.3 Å². The van der Waals surface area contributed by atoms with Crippen molar-refractivity contribution in [3.8, 4) is 5.75 Å². The van der Waals surface area contributed by atoms with E-state index in [2.05, 4.69) is 31.3 Å². The average Bonchev–Trinajstić information content (AvgIpc) is 2.55. The predicted octanol–water partition coefficient (Wildman–Crippen LogP) is 4.39. The fourth-order valence-electron chi connectivity index (χ4n) is 2.36. The molecule has 0 saturated heterocycles. The number of para-hydroxylation sites is 1. The zero-order chi connectivity index (χ0) is 15.9. The lowest BCUT2D eigenvalue weighted by Gasteiger charge is -2.11. The monoisotopic (exact) mass is 297 g/mol. The summed E-state index contributed by atoms with van der Waals surface area (Å²) < 4.78 is 5.27. The third-order valence-electron chi connectivity index (χ3n) is 3.92. The molecular weight excluding hydrogens is 274 g/mol. The van der Waals surface area contributed by atoms with Crippen LogP contribution in [0.1, 0.15) is 37.3 Å². The fraction of sp³-hybridized carbons (Fsp3) is 0.316. The Morgan fingerprint density at radius 1 is 1.14 bits per heavy atom. The van der Waals surface area contributed by atoms with Gasteiger partial charge in [-0.05, 0) is 36.1 Å². The van der Waals surface area contributed by atoms with Crippen LogP contribution in [-0.2, 0) is 11.2 Å². The van der Waals surface area contributed by atoms with Crippen LogP contribution in [0, 0.1) is 0 Å². The molecule has 116 valence electrons. The van der Waals surface area contributed by atoms with E-state index in [1.165, 1.54) is 5.56 Å². The number of carbonyl (C=O) groups is 1. The number of hydrogen-bond donors (Lipinski definition) is 1. The number of carbonyl (C=O) groups excluding carboxylic acids is 1. The number of rotatable bonds is 6. The van der Waals surface area contributed by atoms with Crippen LogP contribution in [0.3, 0.4) is 0 Å². The molecule has 0 heterocycles. The molecule has 0 aliphatic rings. The lowest BCUT2D eigenvalue weighted by Crippen LogP contribution is -2.14. The first-order chi connectivity index (χ1) is 10.6. The van der Waals surface area contributed by atoms with Gasteiger partial charge in [-0.25, -0.2) is 0 Å². The number of anilines is 1. The van der Waals surface area contributed by atoms with Gasteiger partial charge in [-0.2, -0.15) is 0 Å². The molecule has 1 amide bonds. The molecule has 0 fully saturated rings. The predicted molar refractivity (Wildman–Crippen MR) is 90.5 cm³/mol. The Morgan fingerprint density at radius 2 is 1.82 bits per heavy atom.